The van der Waals surface area contributed by atoms with Crippen molar-refractivity contribution in [2.75, 3.05) is 0 Å². The number of rotatable bonds is 6. The monoisotopic (exact) mass is 845 g/mol. The Hall–Kier alpha value is -8.61. The van der Waals surface area contributed by atoms with E-state index in [1.807, 2.05) is 60.7 Å². The lowest BCUT2D eigenvalue weighted by Crippen LogP contribution is -2.51. The molecule has 3 heterocycles. The van der Waals surface area contributed by atoms with Gasteiger partial charge in [-0.1, -0.05) is 216 Å². The van der Waals surface area contributed by atoms with Crippen LogP contribution in [-0.2, 0) is 0 Å². The number of hydrogen-bond donors (Lipinski definition) is 1. The minimum atomic E-state index is 0.0534. The molecule has 312 valence electrons. The molecule has 0 fully saturated rings. The molecule has 0 saturated carbocycles. The highest BCUT2D eigenvalue weighted by molar-refractivity contribution is 6.95. The van der Waals surface area contributed by atoms with Gasteiger partial charge in [0.2, 0.25) is 6.71 Å². The van der Waals surface area contributed by atoms with Crippen LogP contribution in [0.25, 0.3) is 65.6 Å². The van der Waals surface area contributed by atoms with Crippen molar-refractivity contribution < 1.29 is 0 Å². The van der Waals surface area contributed by atoms with E-state index in [4.69, 9.17) is 5.41 Å². The third-order valence-electron chi connectivity index (χ3n) is 12.7. The van der Waals surface area contributed by atoms with Gasteiger partial charge in [-0.15, -0.1) is 0 Å². The predicted molar refractivity (Wildman–Crippen MR) is 282 cm³/mol. The van der Waals surface area contributed by atoms with Crippen LogP contribution in [0.5, 0.6) is 0 Å². The number of aromatic nitrogens is 2. The fourth-order valence-corrected chi connectivity index (χ4v) is 9.70. The molecule has 5 nitrogen and oxygen atoms in total. The number of para-hydroxylation sites is 1. The molecule has 0 spiro atoms. The van der Waals surface area contributed by atoms with Crippen molar-refractivity contribution >= 4 is 101 Å². The van der Waals surface area contributed by atoms with Crippen molar-refractivity contribution in [2.45, 2.75) is 6.92 Å². The van der Waals surface area contributed by atoms with Crippen molar-refractivity contribution in [3.63, 3.8) is 0 Å². The number of amidine groups is 2. The van der Waals surface area contributed by atoms with E-state index in [2.05, 4.69) is 202 Å². The van der Waals surface area contributed by atoms with Crippen molar-refractivity contribution in [3.05, 3.63) is 247 Å². The predicted octanol–water partition coefficient (Wildman–Crippen LogP) is 12.5. The van der Waals surface area contributed by atoms with Gasteiger partial charge in [0.05, 0.1) is 27.6 Å². The molecule has 0 unspecified atom stereocenters. The zero-order chi connectivity index (χ0) is 44.6. The van der Waals surface area contributed by atoms with Gasteiger partial charge in [0.25, 0.3) is 0 Å². The van der Waals surface area contributed by atoms with Crippen LogP contribution in [0.3, 0.4) is 0 Å². The third-order valence-corrected chi connectivity index (χ3v) is 12.7. The quantitative estimate of drug-likeness (QED) is 0.0750. The molecule has 1 N–H and O–H groups in total. The number of nitrogens with one attached hydrogen (secondary N) is 1. The molecule has 0 aliphatic rings. The molecule has 0 atom stereocenters. The number of hydrogen-bond acceptors (Lipinski definition) is 1. The van der Waals surface area contributed by atoms with Gasteiger partial charge in [0.15, 0.2) is 11.7 Å². The Morgan fingerprint density at radius 3 is 1.65 bits per heavy atom. The molecule has 6 heteroatoms. The average molecular weight is 846 g/mol. The molecule has 12 rings (SSSR count). The molecule has 0 aliphatic heterocycles. The Labute approximate surface area is 383 Å². The topological polar surface area (TPSA) is 57.9 Å². The van der Waals surface area contributed by atoms with E-state index >= 15 is 0 Å². The number of fused-ring (bicyclic) bond motifs is 12. The molecule has 0 amide bonds. The highest BCUT2D eigenvalue weighted by atomic mass is 15.0. The summed E-state index contributed by atoms with van der Waals surface area (Å²) in [7, 11) is 0. The Morgan fingerprint density at radius 1 is 0.439 bits per heavy atom. The Kier molecular flexibility index (Phi) is 10.5. The molecular weight excluding hydrogens is 802 g/mol. The molecule has 12 aromatic rings. The van der Waals surface area contributed by atoms with Crippen molar-refractivity contribution in [1.29, 1.82) is 5.41 Å². The maximum absolute atomic E-state index is 9.17. The summed E-state index contributed by atoms with van der Waals surface area (Å²) >= 11 is 0. The van der Waals surface area contributed by atoms with E-state index < -0.39 is 0 Å². The summed E-state index contributed by atoms with van der Waals surface area (Å²) in [6.45, 7) is 5.91. The van der Waals surface area contributed by atoms with Crippen molar-refractivity contribution in [1.82, 2.24) is 8.97 Å². The smallest absolute Gasteiger partial charge is 0.241 e. The van der Waals surface area contributed by atoms with Gasteiger partial charge in [-0.25, -0.2) is 9.98 Å². The van der Waals surface area contributed by atoms with Gasteiger partial charge in [-0.3, -0.25) is 5.41 Å². The molecule has 0 aliphatic carbocycles. The van der Waals surface area contributed by atoms with Crippen LogP contribution >= 0.6 is 0 Å². The normalized spacial score (nSPS) is 11.6. The van der Waals surface area contributed by atoms with Gasteiger partial charge in [0.1, 0.15) is 0 Å². The summed E-state index contributed by atoms with van der Waals surface area (Å²) in [6.07, 6.45) is 0. The molecule has 9 aromatic carbocycles. The van der Waals surface area contributed by atoms with Crippen LogP contribution in [-0.4, -0.2) is 34.1 Å². The lowest BCUT2D eigenvalue weighted by Gasteiger charge is -2.16. The van der Waals surface area contributed by atoms with Crippen LogP contribution in [0.4, 0.5) is 0 Å². The summed E-state index contributed by atoms with van der Waals surface area (Å²) in [5.41, 5.74) is 13.2. The fraction of sp³-hybridized carbons (Fsp3) is 0.0167. The zero-order valence-corrected chi connectivity index (χ0v) is 36.5. The summed E-state index contributed by atoms with van der Waals surface area (Å²) in [5.74, 6) is 0.533. The lowest BCUT2D eigenvalue weighted by atomic mass is 9.37. The van der Waals surface area contributed by atoms with E-state index in [0.717, 1.165) is 33.2 Å². The van der Waals surface area contributed by atoms with Crippen LogP contribution in [0, 0.1) is 12.3 Å². The van der Waals surface area contributed by atoms with Crippen molar-refractivity contribution in [3.8, 4) is 5.69 Å². The highest BCUT2D eigenvalue weighted by Crippen LogP contribution is 2.41. The van der Waals surface area contributed by atoms with Crippen molar-refractivity contribution in [2.24, 2.45) is 9.98 Å². The molecule has 3 aromatic heterocycles. The van der Waals surface area contributed by atoms with Gasteiger partial charge in [-0.05, 0) is 55.4 Å². The summed E-state index contributed by atoms with van der Waals surface area (Å²) in [5, 5.41) is 16.3. The first-order valence-electron chi connectivity index (χ1n) is 22.3. The van der Waals surface area contributed by atoms with E-state index in [9.17, 15) is 0 Å². The van der Waals surface area contributed by atoms with E-state index in [1.165, 1.54) is 59.9 Å². The van der Waals surface area contributed by atoms with E-state index in [0.29, 0.717) is 11.4 Å². The van der Waals surface area contributed by atoms with Crippen LogP contribution < -0.4 is 16.4 Å². The second kappa shape index (κ2) is 17.2. The first kappa shape index (κ1) is 40.2. The second-order valence-corrected chi connectivity index (χ2v) is 16.7. The third kappa shape index (κ3) is 7.15. The number of aryl methyl sites for hydroxylation is 1. The Balaban J connectivity index is 0.000000632. The standard InChI is InChI=1S/C53H36BN5.C7H8/c1-56-53(35-16-5-2-6-17-35)57-52(55)36-18-15-23-40(32-36)58-48-30-28-39(54(37-19-7-3-8-20-37)38-21-9-4-10-22-38)33-45(48)44-29-31-49-46(51(44)58)34-50-43-26-12-11-24-41(43)42-25-13-14-27-47(42)59(49)50;1-7-5-3-2-4-6-7/h2-34,55H,1H2;2-6H,1H3. The minimum absolute atomic E-state index is 0.0534. The SMILES string of the molecule is C=NC(=NC(=N)c1cccc(-n2c3ccc(B(c4ccccc4)c4ccccc4)cc3c3ccc4c(cc5c6ccccc6c6ccccc6n54)c32)c1)c1ccccc1.Cc1ccccc1. The Bertz CT molecular complexity index is 3760. The summed E-state index contributed by atoms with van der Waals surface area (Å²) in [6, 6.07) is 81.0. The number of benzene rings is 9. The maximum Gasteiger partial charge on any atom is 0.241 e. The number of aliphatic imine (C=N–C) groups is 2. The molecule has 0 bridgehead atoms. The summed E-state index contributed by atoms with van der Waals surface area (Å²) in [4.78, 5) is 8.86. The van der Waals surface area contributed by atoms with Crippen LogP contribution in [0.1, 0.15) is 16.7 Å². The highest BCUT2D eigenvalue weighted by Gasteiger charge is 2.25. The first-order chi connectivity index (χ1) is 32.6. The first-order valence-corrected chi connectivity index (χ1v) is 22.3. The number of pyridine rings is 1. The Morgan fingerprint density at radius 2 is 1.00 bits per heavy atom. The van der Waals surface area contributed by atoms with Crippen LogP contribution in [0.15, 0.2) is 241 Å². The second-order valence-electron chi connectivity index (χ2n) is 16.7. The van der Waals surface area contributed by atoms with E-state index in [-0.39, 0.29) is 12.5 Å². The lowest BCUT2D eigenvalue weighted by molar-refractivity contribution is 1.18. The minimum Gasteiger partial charge on any atom is -0.309 e. The number of nitrogens with zero attached hydrogens (tertiary/aromatic N) is 4. The molecular formula is C60H44BN5. The van der Waals surface area contributed by atoms with Gasteiger partial charge in [-0.2, -0.15) is 0 Å². The average Bonchev–Trinajstić information content (AvgIpc) is 3.94. The van der Waals surface area contributed by atoms with E-state index in [1.54, 1.807) is 0 Å². The maximum atomic E-state index is 9.17. The molecule has 0 saturated heterocycles. The van der Waals surface area contributed by atoms with Gasteiger partial charge >= 0.3 is 0 Å². The fourth-order valence-electron chi connectivity index (χ4n) is 9.70. The van der Waals surface area contributed by atoms with Gasteiger partial charge in [0, 0.05) is 43.7 Å². The largest absolute Gasteiger partial charge is 0.309 e. The van der Waals surface area contributed by atoms with Crippen LogP contribution in [0.2, 0.25) is 0 Å². The summed E-state index contributed by atoms with van der Waals surface area (Å²) < 4.78 is 4.81. The van der Waals surface area contributed by atoms with Gasteiger partial charge < -0.3 is 8.97 Å². The molecule has 0 radical (unpaired) electrons. The molecule has 66 heavy (non-hydrogen) atoms. The zero-order valence-electron chi connectivity index (χ0n) is 36.5.